The zero-order valence-electron chi connectivity index (χ0n) is 16.7. The Bertz CT molecular complexity index is 978. The minimum Gasteiger partial charge on any atom is -0.345 e. The van der Waals surface area contributed by atoms with Crippen molar-refractivity contribution >= 4 is 17.7 Å². The molecule has 2 N–H and O–H groups in total. The van der Waals surface area contributed by atoms with Gasteiger partial charge < -0.3 is 5.32 Å². The van der Waals surface area contributed by atoms with Crippen LogP contribution in [-0.4, -0.2) is 37.3 Å². The zero-order chi connectivity index (χ0) is 20.3. The molecule has 0 bridgehead atoms. The van der Waals surface area contributed by atoms with Gasteiger partial charge in [0, 0.05) is 11.0 Å². The van der Waals surface area contributed by atoms with Crippen molar-refractivity contribution in [1.29, 1.82) is 0 Å². The van der Waals surface area contributed by atoms with E-state index in [1.807, 2.05) is 43.5 Å². The zero-order valence-corrected chi connectivity index (χ0v) is 17.5. The standard InChI is InChI=1S/C20H24N6OS/c1-12-15(18(28-5)24-19(22-12)20(2,3)4)17(27)21-11-14-23-16(26-25-14)13-9-7-6-8-10-13/h6-10H,11H2,1-5H3,(H,21,27)(H,23,25,26). The van der Waals surface area contributed by atoms with Crippen LogP contribution >= 0.6 is 11.8 Å². The van der Waals surface area contributed by atoms with Crippen molar-refractivity contribution in [2.75, 3.05) is 6.26 Å². The fourth-order valence-electron chi connectivity index (χ4n) is 2.63. The maximum atomic E-state index is 12.8. The van der Waals surface area contributed by atoms with E-state index in [1.54, 1.807) is 0 Å². The van der Waals surface area contributed by atoms with E-state index < -0.39 is 0 Å². The smallest absolute Gasteiger partial charge is 0.256 e. The van der Waals surface area contributed by atoms with Crippen LogP contribution in [0.1, 0.15) is 48.5 Å². The summed E-state index contributed by atoms with van der Waals surface area (Å²) in [6, 6.07) is 9.68. The largest absolute Gasteiger partial charge is 0.345 e. The van der Waals surface area contributed by atoms with Gasteiger partial charge in [-0.15, -0.1) is 11.8 Å². The van der Waals surface area contributed by atoms with E-state index in [9.17, 15) is 4.79 Å². The molecule has 0 unspecified atom stereocenters. The molecule has 0 aliphatic rings. The summed E-state index contributed by atoms with van der Waals surface area (Å²) >= 11 is 1.44. The number of aromatic amines is 1. The predicted octanol–water partition coefficient (Wildman–Crippen LogP) is 3.52. The third kappa shape index (κ3) is 4.39. The molecule has 146 valence electrons. The molecule has 2 heterocycles. The molecular weight excluding hydrogens is 372 g/mol. The Balaban J connectivity index is 1.76. The average Bonchev–Trinajstić information content (AvgIpc) is 3.14. The first-order valence-corrected chi connectivity index (χ1v) is 10.2. The molecule has 0 aliphatic heterocycles. The predicted molar refractivity (Wildman–Crippen MR) is 110 cm³/mol. The van der Waals surface area contributed by atoms with Gasteiger partial charge >= 0.3 is 0 Å². The van der Waals surface area contributed by atoms with Crippen LogP contribution in [0.4, 0.5) is 0 Å². The molecule has 7 nitrogen and oxygen atoms in total. The second kappa shape index (κ2) is 8.10. The monoisotopic (exact) mass is 396 g/mol. The number of nitrogens with one attached hydrogen (secondary N) is 2. The molecule has 0 fully saturated rings. The van der Waals surface area contributed by atoms with Gasteiger partial charge in [-0.1, -0.05) is 51.1 Å². The summed E-state index contributed by atoms with van der Waals surface area (Å²) in [5, 5.41) is 10.6. The number of hydrogen-bond acceptors (Lipinski definition) is 6. The number of hydrogen-bond donors (Lipinski definition) is 2. The SMILES string of the molecule is CSc1nc(C(C)(C)C)nc(C)c1C(=O)NCc1nc(-c2ccccc2)n[nH]1. The highest BCUT2D eigenvalue weighted by atomic mass is 32.2. The summed E-state index contributed by atoms with van der Waals surface area (Å²) in [6.45, 7) is 8.25. The first-order valence-electron chi connectivity index (χ1n) is 8.97. The van der Waals surface area contributed by atoms with Crippen molar-refractivity contribution < 1.29 is 4.79 Å². The van der Waals surface area contributed by atoms with Gasteiger partial charge in [0.1, 0.15) is 16.7 Å². The van der Waals surface area contributed by atoms with Crippen LogP contribution in [0.2, 0.25) is 0 Å². The number of aromatic nitrogens is 5. The van der Waals surface area contributed by atoms with E-state index in [-0.39, 0.29) is 17.9 Å². The van der Waals surface area contributed by atoms with Gasteiger partial charge in [-0.05, 0) is 13.2 Å². The third-order valence-electron chi connectivity index (χ3n) is 4.13. The van der Waals surface area contributed by atoms with Crippen LogP contribution < -0.4 is 5.32 Å². The number of nitrogens with zero attached hydrogens (tertiary/aromatic N) is 4. The van der Waals surface area contributed by atoms with Crippen LogP contribution in [-0.2, 0) is 12.0 Å². The van der Waals surface area contributed by atoms with Crippen molar-refractivity contribution in [3.63, 3.8) is 0 Å². The van der Waals surface area contributed by atoms with Crippen molar-refractivity contribution in [3.8, 4) is 11.4 Å². The van der Waals surface area contributed by atoms with Gasteiger partial charge in [-0.25, -0.2) is 15.0 Å². The summed E-state index contributed by atoms with van der Waals surface area (Å²) in [6.07, 6.45) is 1.91. The first kappa shape index (κ1) is 20.0. The molecule has 0 saturated carbocycles. The lowest BCUT2D eigenvalue weighted by Crippen LogP contribution is -2.27. The van der Waals surface area contributed by atoms with Crippen molar-refractivity contribution in [2.24, 2.45) is 0 Å². The highest BCUT2D eigenvalue weighted by Crippen LogP contribution is 2.26. The number of carbonyl (C=O) groups excluding carboxylic acids is 1. The molecule has 28 heavy (non-hydrogen) atoms. The second-order valence-electron chi connectivity index (χ2n) is 7.42. The molecule has 0 atom stereocenters. The van der Waals surface area contributed by atoms with Crippen molar-refractivity contribution in [1.82, 2.24) is 30.5 Å². The number of carbonyl (C=O) groups is 1. The van der Waals surface area contributed by atoms with E-state index in [1.165, 1.54) is 11.8 Å². The Morgan fingerprint density at radius 3 is 2.50 bits per heavy atom. The number of H-pyrrole nitrogens is 1. The van der Waals surface area contributed by atoms with Crippen LogP contribution in [0.25, 0.3) is 11.4 Å². The van der Waals surface area contributed by atoms with E-state index >= 15 is 0 Å². The van der Waals surface area contributed by atoms with Gasteiger partial charge in [0.2, 0.25) is 0 Å². The Labute approximate surface area is 168 Å². The number of thioether (sulfide) groups is 1. The van der Waals surface area contributed by atoms with Crippen LogP contribution in [0.15, 0.2) is 35.4 Å². The number of rotatable bonds is 5. The summed E-state index contributed by atoms with van der Waals surface area (Å²) < 4.78 is 0. The quantitative estimate of drug-likeness (QED) is 0.506. The van der Waals surface area contributed by atoms with E-state index in [0.29, 0.717) is 27.9 Å². The summed E-state index contributed by atoms with van der Waals surface area (Å²) in [5.41, 5.74) is 1.91. The van der Waals surface area contributed by atoms with Crippen LogP contribution in [0.5, 0.6) is 0 Å². The summed E-state index contributed by atoms with van der Waals surface area (Å²) in [5.74, 6) is 1.69. The third-order valence-corrected chi connectivity index (χ3v) is 4.81. The molecule has 0 aliphatic carbocycles. The highest BCUT2D eigenvalue weighted by Gasteiger charge is 2.24. The Morgan fingerprint density at radius 2 is 1.86 bits per heavy atom. The molecule has 3 rings (SSSR count). The maximum Gasteiger partial charge on any atom is 0.256 e. The van der Waals surface area contributed by atoms with Gasteiger partial charge in [0.15, 0.2) is 5.82 Å². The van der Waals surface area contributed by atoms with E-state index in [4.69, 9.17) is 0 Å². The lowest BCUT2D eigenvalue weighted by Gasteiger charge is -2.19. The minimum atomic E-state index is -0.222. The molecule has 3 aromatic rings. The van der Waals surface area contributed by atoms with E-state index in [2.05, 4.69) is 51.2 Å². The summed E-state index contributed by atoms with van der Waals surface area (Å²) in [7, 11) is 0. The van der Waals surface area contributed by atoms with Gasteiger partial charge in [-0.2, -0.15) is 5.10 Å². The van der Waals surface area contributed by atoms with Gasteiger partial charge in [0.25, 0.3) is 5.91 Å². The lowest BCUT2D eigenvalue weighted by atomic mass is 9.95. The summed E-state index contributed by atoms with van der Waals surface area (Å²) in [4.78, 5) is 26.4. The topological polar surface area (TPSA) is 96.5 Å². The van der Waals surface area contributed by atoms with Crippen molar-refractivity contribution in [3.05, 3.63) is 53.2 Å². The molecule has 2 aromatic heterocycles. The second-order valence-corrected chi connectivity index (χ2v) is 8.22. The Morgan fingerprint density at radius 1 is 1.14 bits per heavy atom. The van der Waals surface area contributed by atoms with Crippen molar-refractivity contribution in [2.45, 2.75) is 44.7 Å². The van der Waals surface area contributed by atoms with Crippen LogP contribution in [0.3, 0.4) is 0 Å². The molecule has 8 heteroatoms. The molecule has 0 saturated heterocycles. The fourth-order valence-corrected chi connectivity index (χ4v) is 3.26. The molecule has 1 amide bonds. The number of aryl methyl sites for hydroxylation is 1. The number of benzene rings is 1. The van der Waals surface area contributed by atoms with E-state index in [0.717, 1.165) is 11.4 Å². The van der Waals surface area contributed by atoms with Gasteiger partial charge in [0.05, 0.1) is 17.8 Å². The Kier molecular flexibility index (Phi) is 5.79. The van der Waals surface area contributed by atoms with Gasteiger partial charge in [-0.3, -0.25) is 9.89 Å². The molecule has 0 spiro atoms. The molecular formula is C20H24N6OS. The minimum absolute atomic E-state index is 0.183. The Hall–Kier alpha value is -2.74. The first-order chi connectivity index (χ1) is 13.3. The fraction of sp³-hybridized carbons (Fsp3) is 0.350. The highest BCUT2D eigenvalue weighted by molar-refractivity contribution is 7.98. The molecule has 1 aromatic carbocycles. The van der Waals surface area contributed by atoms with Crippen LogP contribution in [0, 0.1) is 6.92 Å². The normalized spacial score (nSPS) is 11.5. The number of amides is 1. The molecule has 0 radical (unpaired) electrons. The maximum absolute atomic E-state index is 12.8. The lowest BCUT2D eigenvalue weighted by molar-refractivity contribution is 0.0944. The average molecular weight is 397 g/mol.